The van der Waals surface area contributed by atoms with Gasteiger partial charge in [-0.2, -0.15) is 0 Å². The average molecular weight is 219 g/mol. The summed E-state index contributed by atoms with van der Waals surface area (Å²) in [6.07, 6.45) is 7.81. The van der Waals surface area contributed by atoms with Crippen LogP contribution in [-0.4, -0.2) is 27.7 Å². The predicted molar refractivity (Wildman–Crippen MR) is 56.3 cm³/mol. The Hall–Kier alpha value is -2.31. The number of nitrogens with zero attached hydrogens (tertiary/aromatic N) is 3. The summed E-state index contributed by atoms with van der Waals surface area (Å²) in [5, 5.41) is 10.5. The normalized spacial score (nSPS) is 8.94. The first-order chi connectivity index (χ1) is 7.75. The lowest BCUT2D eigenvalue weighted by molar-refractivity contribution is -0.396. The van der Waals surface area contributed by atoms with Crippen molar-refractivity contribution in [2.24, 2.45) is 0 Å². The molecule has 6 nitrogen and oxygen atoms in total. The molecular formula is C10H9N3O3. The number of hydrogen-bond donors (Lipinski definition) is 0. The van der Waals surface area contributed by atoms with Crippen molar-refractivity contribution in [3.8, 4) is 24.2 Å². The highest BCUT2D eigenvalue weighted by Gasteiger charge is 2.11. The second-order valence-corrected chi connectivity index (χ2v) is 2.66. The van der Waals surface area contributed by atoms with Gasteiger partial charge in [-0.15, -0.1) is 6.42 Å². The molecule has 0 atom stereocenters. The molecule has 0 radical (unpaired) electrons. The number of imidazole rings is 1. The molecule has 0 unspecified atom stereocenters. The molecule has 1 aromatic rings. The van der Waals surface area contributed by atoms with Crippen LogP contribution in [0.15, 0.2) is 12.4 Å². The summed E-state index contributed by atoms with van der Waals surface area (Å²) >= 11 is 0. The maximum atomic E-state index is 10.5. The Kier molecular flexibility index (Phi) is 4.58. The van der Waals surface area contributed by atoms with Crippen molar-refractivity contribution in [3.05, 3.63) is 22.5 Å². The molecule has 0 spiro atoms. The van der Waals surface area contributed by atoms with E-state index in [1.54, 1.807) is 0 Å². The minimum Gasteiger partial charge on any atom is -0.390 e. The lowest BCUT2D eigenvalue weighted by Crippen LogP contribution is -2.01. The average Bonchev–Trinajstić information content (AvgIpc) is 2.71. The minimum absolute atomic E-state index is 0.204. The molecule has 0 aliphatic rings. The third-order valence-electron chi connectivity index (χ3n) is 1.59. The molecule has 1 rings (SSSR count). The Balaban J connectivity index is 2.45. The van der Waals surface area contributed by atoms with E-state index in [9.17, 15) is 10.1 Å². The summed E-state index contributed by atoms with van der Waals surface area (Å²) in [5.41, 5.74) is 0. The monoisotopic (exact) mass is 219 g/mol. The molecule has 82 valence electrons. The number of rotatable bonds is 4. The zero-order valence-electron chi connectivity index (χ0n) is 8.42. The van der Waals surface area contributed by atoms with Crippen molar-refractivity contribution in [1.29, 1.82) is 0 Å². The number of terminal acetylenes is 1. The van der Waals surface area contributed by atoms with Crippen LogP contribution >= 0.6 is 0 Å². The van der Waals surface area contributed by atoms with Gasteiger partial charge in [0.05, 0.1) is 0 Å². The Morgan fingerprint density at radius 3 is 3.06 bits per heavy atom. The third-order valence-corrected chi connectivity index (χ3v) is 1.59. The van der Waals surface area contributed by atoms with Gasteiger partial charge in [-0.1, -0.05) is 22.7 Å². The van der Waals surface area contributed by atoms with Crippen LogP contribution in [0.4, 0.5) is 5.95 Å². The summed E-state index contributed by atoms with van der Waals surface area (Å²) < 4.78 is 6.25. The fraction of sp³-hybridized carbons (Fsp3) is 0.300. The molecule has 0 aliphatic carbocycles. The topological polar surface area (TPSA) is 70.2 Å². The van der Waals surface area contributed by atoms with Crippen molar-refractivity contribution in [3.63, 3.8) is 0 Å². The van der Waals surface area contributed by atoms with Gasteiger partial charge in [0.2, 0.25) is 0 Å². The van der Waals surface area contributed by atoms with Gasteiger partial charge in [-0.3, -0.25) is 0 Å². The summed E-state index contributed by atoms with van der Waals surface area (Å²) in [4.78, 5) is 13.5. The smallest absolute Gasteiger partial charge is 0.390 e. The van der Waals surface area contributed by atoms with Gasteiger partial charge in [0.25, 0.3) is 0 Å². The third kappa shape index (κ3) is 3.45. The van der Waals surface area contributed by atoms with Crippen LogP contribution in [0.5, 0.6) is 0 Å². The fourth-order valence-electron chi connectivity index (χ4n) is 0.950. The Morgan fingerprint density at radius 2 is 2.38 bits per heavy atom. The van der Waals surface area contributed by atoms with Crippen molar-refractivity contribution in [2.75, 3.05) is 13.2 Å². The SMILES string of the molecule is C#CCOCC#CCn1ccnc1[N+](=O)[O-]. The number of aromatic nitrogens is 2. The van der Waals surface area contributed by atoms with Gasteiger partial charge in [-0.25, -0.2) is 4.57 Å². The van der Waals surface area contributed by atoms with Gasteiger partial charge in [-0.05, 0) is 4.92 Å². The minimum atomic E-state index is -0.559. The molecule has 0 saturated carbocycles. The van der Waals surface area contributed by atoms with Gasteiger partial charge < -0.3 is 14.9 Å². The van der Waals surface area contributed by atoms with Crippen LogP contribution in [0.3, 0.4) is 0 Å². The van der Waals surface area contributed by atoms with Crippen LogP contribution in [-0.2, 0) is 11.3 Å². The van der Waals surface area contributed by atoms with Gasteiger partial charge >= 0.3 is 5.95 Å². The Morgan fingerprint density at radius 1 is 1.56 bits per heavy atom. The highest BCUT2D eigenvalue weighted by atomic mass is 16.6. The van der Waals surface area contributed by atoms with E-state index in [-0.39, 0.29) is 25.7 Å². The van der Waals surface area contributed by atoms with Crippen molar-refractivity contribution >= 4 is 5.95 Å². The molecule has 0 N–H and O–H groups in total. The van der Waals surface area contributed by atoms with Crippen molar-refractivity contribution in [1.82, 2.24) is 9.55 Å². The quantitative estimate of drug-likeness (QED) is 0.319. The second kappa shape index (κ2) is 6.23. The van der Waals surface area contributed by atoms with Crippen molar-refractivity contribution < 1.29 is 9.66 Å². The molecule has 0 aliphatic heterocycles. The molecule has 1 heterocycles. The molecule has 0 bridgehead atoms. The van der Waals surface area contributed by atoms with E-state index >= 15 is 0 Å². The van der Waals surface area contributed by atoms with Crippen molar-refractivity contribution in [2.45, 2.75) is 6.54 Å². The summed E-state index contributed by atoms with van der Waals surface area (Å²) in [7, 11) is 0. The molecular weight excluding hydrogens is 210 g/mol. The van der Waals surface area contributed by atoms with E-state index in [0.717, 1.165) is 0 Å². The molecule has 6 heteroatoms. The van der Waals surface area contributed by atoms with E-state index in [0.29, 0.717) is 0 Å². The first-order valence-corrected chi connectivity index (χ1v) is 4.38. The summed E-state index contributed by atoms with van der Waals surface area (Å²) in [6.45, 7) is 0.627. The number of nitro groups is 1. The van der Waals surface area contributed by atoms with E-state index in [1.165, 1.54) is 17.0 Å². The molecule has 0 fully saturated rings. The van der Waals surface area contributed by atoms with Crippen LogP contribution < -0.4 is 0 Å². The predicted octanol–water partition coefficient (Wildman–Crippen LogP) is 0.444. The Bertz CT molecular complexity index is 462. The summed E-state index contributed by atoms with van der Waals surface area (Å²) in [5.74, 6) is 7.48. The van der Waals surface area contributed by atoms with E-state index in [2.05, 4.69) is 22.7 Å². The fourth-order valence-corrected chi connectivity index (χ4v) is 0.950. The molecule has 1 aromatic heterocycles. The van der Waals surface area contributed by atoms with E-state index < -0.39 is 4.92 Å². The first kappa shape index (κ1) is 11.8. The lowest BCUT2D eigenvalue weighted by Gasteiger charge is -1.95. The van der Waals surface area contributed by atoms with Gasteiger partial charge in [0.1, 0.15) is 32.2 Å². The zero-order chi connectivity index (χ0) is 11.8. The molecule has 0 aromatic carbocycles. The number of ether oxygens (including phenoxy) is 1. The van der Waals surface area contributed by atoms with Gasteiger partial charge in [0.15, 0.2) is 0 Å². The van der Waals surface area contributed by atoms with Crippen LogP contribution in [0, 0.1) is 34.3 Å². The second-order valence-electron chi connectivity index (χ2n) is 2.66. The van der Waals surface area contributed by atoms with Gasteiger partial charge in [0, 0.05) is 0 Å². The van der Waals surface area contributed by atoms with E-state index in [4.69, 9.17) is 11.2 Å². The van der Waals surface area contributed by atoms with Crippen LogP contribution in [0.2, 0.25) is 0 Å². The maximum absolute atomic E-state index is 10.5. The molecule has 0 saturated heterocycles. The lowest BCUT2D eigenvalue weighted by atomic mass is 10.5. The molecule has 0 amide bonds. The highest BCUT2D eigenvalue weighted by Crippen LogP contribution is 2.05. The summed E-state index contributed by atoms with van der Waals surface area (Å²) in [6, 6.07) is 0. The maximum Gasteiger partial charge on any atom is 0.435 e. The zero-order valence-corrected chi connectivity index (χ0v) is 8.42. The van der Waals surface area contributed by atoms with Crippen LogP contribution in [0.1, 0.15) is 0 Å². The first-order valence-electron chi connectivity index (χ1n) is 4.38. The largest absolute Gasteiger partial charge is 0.435 e. The van der Waals surface area contributed by atoms with Crippen LogP contribution in [0.25, 0.3) is 0 Å². The number of hydrogen-bond acceptors (Lipinski definition) is 4. The Labute approximate surface area is 92.4 Å². The van der Waals surface area contributed by atoms with E-state index in [1.807, 2.05) is 0 Å². The standard InChI is InChI=1S/C10H9N3O3/c1-2-8-16-9-4-3-6-12-7-5-11-10(12)13(14)15/h1,5,7H,6,8-9H2. The highest BCUT2D eigenvalue weighted by molar-refractivity contribution is 5.10. The molecule has 16 heavy (non-hydrogen) atoms.